The van der Waals surface area contributed by atoms with Gasteiger partial charge in [-0.05, 0) is 49.1 Å². The van der Waals surface area contributed by atoms with Crippen molar-refractivity contribution in [2.75, 3.05) is 38.7 Å². The zero-order valence-electron chi connectivity index (χ0n) is 15.8. The van der Waals surface area contributed by atoms with E-state index in [4.69, 9.17) is 0 Å². The van der Waals surface area contributed by atoms with Crippen molar-refractivity contribution in [3.05, 3.63) is 35.4 Å². The van der Waals surface area contributed by atoms with E-state index in [2.05, 4.69) is 64.9 Å². The van der Waals surface area contributed by atoms with E-state index in [0.29, 0.717) is 0 Å². The molecule has 0 fully saturated rings. The van der Waals surface area contributed by atoms with Crippen LogP contribution in [0.5, 0.6) is 0 Å². The van der Waals surface area contributed by atoms with Gasteiger partial charge in [0, 0.05) is 26.7 Å². The summed E-state index contributed by atoms with van der Waals surface area (Å²) >= 11 is 1.91. The molecule has 0 heterocycles. The molecule has 0 atom stereocenters. The second-order valence-corrected chi connectivity index (χ2v) is 6.82. The molecule has 0 amide bonds. The van der Waals surface area contributed by atoms with Crippen LogP contribution < -0.4 is 10.6 Å². The minimum absolute atomic E-state index is 0.802. The lowest BCUT2D eigenvalue weighted by molar-refractivity contribution is 0.296. The van der Waals surface area contributed by atoms with Crippen molar-refractivity contribution in [2.45, 2.75) is 39.8 Å². The molecular formula is C19H34N4S. The van der Waals surface area contributed by atoms with Crippen molar-refractivity contribution in [3.63, 3.8) is 0 Å². The van der Waals surface area contributed by atoms with E-state index in [9.17, 15) is 0 Å². The Morgan fingerprint density at radius 1 is 1.12 bits per heavy atom. The van der Waals surface area contributed by atoms with Crippen molar-refractivity contribution >= 4 is 17.7 Å². The van der Waals surface area contributed by atoms with Crippen LogP contribution in [0.1, 0.15) is 37.8 Å². The number of unbranched alkanes of at least 4 members (excludes halogenated alkanes) is 1. The third-order valence-corrected chi connectivity index (χ3v) is 4.74. The average Bonchev–Trinajstić information content (AvgIpc) is 2.62. The molecule has 0 bridgehead atoms. The number of benzene rings is 1. The summed E-state index contributed by atoms with van der Waals surface area (Å²) in [5.74, 6) is 2.11. The van der Waals surface area contributed by atoms with Gasteiger partial charge in [0.1, 0.15) is 0 Å². The van der Waals surface area contributed by atoms with Gasteiger partial charge < -0.3 is 10.6 Å². The molecular weight excluding hydrogens is 316 g/mol. The van der Waals surface area contributed by atoms with Crippen molar-refractivity contribution in [1.82, 2.24) is 15.5 Å². The predicted octanol–water partition coefficient (Wildman–Crippen LogP) is 3.34. The summed E-state index contributed by atoms with van der Waals surface area (Å²) in [5, 5.41) is 6.79. The monoisotopic (exact) mass is 350 g/mol. The van der Waals surface area contributed by atoms with E-state index >= 15 is 0 Å². The van der Waals surface area contributed by atoms with E-state index in [-0.39, 0.29) is 0 Å². The molecule has 0 saturated carbocycles. The predicted molar refractivity (Wildman–Crippen MR) is 109 cm³/mol. The summed E-state index contributed by atoms with van der Waals surface area (Å²) in [4.78, 5) is 6.73. The largest absolute Gasteiger partial charge is 0.356 e. The second kappa shape index (κ2) is 13.1. The minimum Gasteiger partial charge on any atom is -0.356 e. The van der Waals surface area contributed by atoms with Crippen molar-refractivity contribution in [1.29, 1.82) is 0 Å². The zero-order valence-corrected chi connectivity index (χ0v) is 16.6. The first kappa shape index (κ1) is 20.8. The summed E-state index contributed by atoms with van der Waals surface area (Å²) in [6.07, 6.45) is 4.59. The number of aliphatic imine (C=N–C) groups is 1. The van der Waals surface area contributed by atoms with Gasteiger partial charge in [-0.3, -0.25) is 9.89 Å². The Hall–Kier alpha value is -1.20. The molecule has 1 aromatic carbocycles. The number of hydrogen-bond donors (Lipinski definition) is 2. The molecule has 1 rings (SSSR count). The Bertz CT molecular complexity index is 472. The molecule has 1 aromatic rings. The highest BCUT2D eigenvalue weighted by Gasteiger charge is 2.03. The van der Waals surface area contributed by atoms with Gasteiger partial charge in [0.25, 0.3) is 0 Å². The molecule has 5 heteroatoms. The molecule has 0 unspecified atom stereocenters. The van der Waals surface area contributed by atoms with Gasteiger partial charge in [0.2, 0.25) is 0 Å². The number of thioether (sulfide) groups is 1. The van der Waals surface area contributed by atoms with Crippen LogP contribution in [0.3, 0.4) is 0 Å². The topological polar surface area (TPSA) is 39.7 Å². The lowest BCUT2D eigenvalue weighted by Gasteiger charge is -2.18. The van der Waals surface area contributed by atoms with Gasteiger partial charge in [-0.2, -0.15) is 11.8 Å². The summed E-state index contributed by atoms with van der Waals surface area (Å²) in [7, 11) is 1.83. The fourth-order valence-electron chi connectivity index (χ4n) is 2.53. The van der Waals surface area contributed by atoms with Gasteiger partial charge in [-0.15, -0.1) is 0 Å². The van der Waals surface area contributed by atoms with Crippen LogP contribution in [0.15, 0.2) is 29.3 Å². The fraction of sp³-hybridized carbons (Fsp3) is 0.632. The molecule has 0 aliphatic rings. The summed E-state index contributed by atoms with van der Waals surface area (Å²) < 4.78 is 0. The van der Waals surface area contributed by atoms with Crippen LogP contribution in [0.4, 0.5) is 0 Å². The van der Waals surface area contributed by atoms with Crippen molar-refractivity contribution in [3.8, 4) is 0 Å². The van der Waals surface area contributed by atoms with Crippen LogP contribution in [-0.4, -0.2) is 49.6 Å². The first-order valence-electron chi connectivity index (χ1n) is 8.97. The summed E-state index contributed by atoms with van der Waals surface area (Å²) in [6, 6.07) is 8.82. The van der Waals surface area contributed by atoms with E-state index in [0.717, 1.165) is 38.7 Å². The van der Waals surface area contributed by atoms with Gasteiger partial charge in [0.15, 0.2) is 5.96 Å². The molecule has 0 aromatic heterocycles. The van der Waals surface area contributed by atoms with Crippen molar-refractivity contribution < 1.29 is 0 Å². The third kappa shape index (κ3) is 8.60. The van der Waals surface area contributed by atoms with Gasteiger partial charge in [-0.25, -0.2) is 0 Å². The Balaban J connectivity index is 2.42. The average molecular weight is 351 g/mol. The SMILES string of the molecule is CCN(CC)Cc1cccc(CNC(=NC)NCCCCSC)c1. The molecule has 0 aliphatic carbocycles. The quantitative estimate of drug-likeness (QED) is 0.365. The lowest BCUT2D eigenvalue weighted by atomic mass is 10.1. The first-order chi connectivity index (χ1) is 11.7. The molecule has 4 nitrogen and oxygen atoms in total. The maximum Gasteiger partial charge on any atom is 0.191 e. The standard InChI is InChI=1S/C19H34N4S/c1-5-23(6-2)16-18-11-9-10-17(14-18)15-22-19(20-3)21-12-7-8-13-24-4/h9-11,14H,5-8,12-13,15-16H2,1-4H3,(H2,20,21,22). The van der Waals surface area contributed by atoms with E-state index in [1.807, 2.05) is 18.8 Å². The van der Waals surface area contributed by atoms with E-state index < -0.39 is 0 Å². The molecule has 136 valence electrons. The number of nitrogens with one attached hydrogen (secondary N) is 2. The fourth-order valence-corrected chi connectivity index (χ4v) is 3.02. The van der Waals surface area contributed by atoms with E-state index in [1.54, 1.807) is 0 Å². The van der Waals surface area contributed by atoms with Crippen LogP contribution in [0.25, 0.3) is 0 Å². The van der Waals surface area contributed by atoms with Crippen LogP contribution in [-0.2, 0) is 13.1 Å². The Morgan fingerprint density at radius 3 is 2.54 bits per heavy atom. The Labute approximate surface area is 152 Å². The molecule has 0 aliphatic heterocycles. The molecule has 0 radical (unpaired) electrons. The minimum atomic E-state index is 0.802. The molecule has 2 N–H and O–H groups in total. The number of rotatable bonds is 11. The van der Waals surface area contributed by atoms with E-state index in [1.165, 1.54) is 29.7 Å². The van der Waals surface area contributed by atoms with Crippen LogP contribution >= 0.6 is 11.8 Å². The normalized spacial score (nSPS) is 11.8. The number of guanidine groups is 1. The lowest BCUT2D eigenvalue weighted by Crippen LogP contribution is -2.37. The van der Waals surface area contributed by atoms with Crippen LogP contribution in [0.2, 0.25) is 0 Å². The maximum atomic E-state index is 4.30. The summed E-state index contributed by atoms with van der Waals surface area (Å²) in [6.45, 7) is 9.40. The number of nitrogens with zero attached hydrogens (tertiary/aromatic N) is 2. The molecule has 0 spiro atoms. The molecule has 0 saturated heterocycles. The smallest absolute Gasteiger partial charge is 0.191 e. The highest BCUT2D eigenvalue weighted by molar-refractivity contribution is 7.98. The first-order valence-corrected chi connectivity index (χ1v) is 10.4. The van der Waals surface area contributed by atoms with Gasteiger partial charge in [0.05, 0.1) is 0 Å². The number of hydrogen-bond acceptors (Lipinski definition) is 3. The van der Waals surface area contributed by atoms with Gasteiger partial charge in [-0.1, -0.05) is 38.1 Å². The molecule has 24 heavy (non-hydrogen) atoms. The maximum absolute atomic E-state index is 4.30. The van der Waals surface area contributed by atoms with Gasteiger partial charge >= 0.3 is 0 Å². The zero-order chi connectivity index (χ0) is 17.6. The Kier molecular flexibility index (Phi) is 11.4. The summed E-state index contributed by atoms with van der Waals surface area (Å²) in [5.41, 5.74) is 2.67. The Morgan fingerprint density at radius 2 is 1.88 bits per heavy atom. The highest BCUT2D eigenvalue weighted by atomic mass is 32.2. The highest BCUT2D eigenvalue weighted by Crippen LogP contribution is 2.08. The van der Waals surface area contributed by atoms with Crippen molar-refractivity contribution in [2.24, 2.45) is 4.99 Å². The van der Waals surface area contributed by atoms with Crippen LogP contribution in [0, 0.1) is 0 Å². The second-order valence-electron chi connectivity index (χ2n) is 5.83. The third-order valence-electron chi connectivity index (χ3n) is 4.04.